The summed E-state index contributed by atoms with van der Waals surface area (Å²) in [6.45, 7) is 1.97. The van der Waals surface area contributed by atoms with Crippen molar-refractivity contribution < 1.29 is 4.42 Å². The molecule has 0 amide bonds. The summed E-state index contributed by atoms with van der Waals surface area (Å²) >= 11 is 9.23. The maximum absolute atomic E-state index is 5.89. The number of hydrogen-bond acceptors (Lipinski definition) is 3. The first-order valence-corrected chi connectivity index (χ1v) is 5.65. The average molecular weight is 288 g/mol. The van der Waals surface area contributed by atoms with E-state index in [1.54, 1.807) is 6.07 Å². The second-order valence-electron chi connectivity index (χ2n) is 2.98. The van der Waals surface area contributed by atoms with Gasteiger partial charge < -0.3 is 4.42 Å². The molecule has 0 unspecified atom stereocenters. The number of nitrogens with zero attached hydrogens (tertiary/aromatic N) is 2. The van der Waals surface area contributed by atoms with Crippen LogP contribution in [0, 0.1) is 0 Å². The Morgan fingerprint density at radius 3 is 2.80 bits per heavy atom. The Hall–Kier alpha value is -0.870. The average Bonchev–Trinajstić information content (AvgIpc) is 2.70. The molecule has 0 radical (unpaired) electrons. The second kappa shape index (κ2) is 4.33. The van der Waals surface area contributed by atoms with Gasteiger partial charge in [-0.2, -0.15) is 0 Å². The van der Waals surface area contributed by atoms with Crippen LogP contribution in [0.5, 0.6) is 0 Å². The van der Waals surface area contributed by atoms with Crippen LogP contribution in [0.1, 0.15) is 12.8 Å². The second-order valence-corrected chi connectivity index (χ2v) is 4.24. The molecule has 0 aliphatic heterocycles. The van der Waals surface area contributed by atoms with Crippen LogP contribution in [0.4, 0.5) is 0 Å². The Morgan fingerprint density at radius 2 is 2.20 bits per heavy atom. The van der Waals surface area contributed by atoms with E-state index in [2.05, 4.69) is 26.1 Å². The Labute approximate surface area is 101 Å². The molecule has 0 spiro atoms. The van der Waals surface area contributed by atoms with Gasteiger partial charge in [-0.05, 0) is 34.1 Å². The molecule has 1 heterocycles. The van der Waals surface area contributed by atoms with E-state index in [0.717, 1.165) is 16.5 Å². The highest BCUT2D eigenvalue weighted by atomic mass is 79.9. The number of benzene rings is 1. The molecule has 2 aromatic rings. The van der Waals surface area contributed by atoms with Crippen molar-refractivity contribution in [3.63, 3.8) is 0 Å². The van der Waals surface area contributed by atoms with Gasteiger partial charge in [0.2, 0.25) is 11.8 Å². The summed E-state index contributed by atoms with van der Waals surface area (Å²) in [6, 6.07) is 5.49. The van der Waals surface area contributed by atoms with E-state index >= 15 is 0 Å². The lowest BCUT2D eigenvalue weighted by Gasteiger charge is -1.97. The van der Waals surface area contributed by atoms with Crippen molar-refractivity contribution >= 4 is 27.5 Å². The minimum absolute atomic E-state index is 0.518. The van der Waals surface area contributed by atoms with E-state index in [1.807, 2.05) is 19.1 Å². The third-order valence-electron chi connectivity index (χ3n) is 1.94. The largest absolute Gasteiger partial charge is 0.421 e. The molecule has 15 heavy (non-hydrogen) atoms. The number of aromatic nitrogens is 2. The van der Waals surface area contributed by atoms with Crippen molar-refractivity contribution in [2.45, 2.75) is 13.3 Å². The summed E-state index contributed by atoms with van der Waals surface area (Å²) in [7, 11) is 0. The topological polar surface area (TPSA) is 38.9 Å². The molecule has 3 nitrogen and oxygen atoms in total. The summed E-state index contributed by atoms with van der Waals surface area (Å²) in [5, 5.41) is 8.51. The van der Waals surface area contributed by atoms with Gasteiger partial charge in [0.15, 0.2) is 0 Å². The fraction of sp³-hybridized carbons (Fsp3) is 0.200. The minimum Gasteiger partial charge on any atom is -0.421 e. The maximum Gasteiger partial charge on any atom is 0.247 e. The summed E-state index contributed by atoms with van der Waals surface area (Å²) < 4.78 is 6.25. The first-order valence-electron chi connectivity index (χ1n) is 4.48. The Kier molecular flexibility index (Phi) is 3.07. The van der Waals surface area contributed by atoms with E-state index in [9.17, 15) is 0 Å². The summed E-state index contributed by atoms with van der Waals surface area (Å²) in [5.74, 6) is 1.15. The highest BCUT2D eigenvalue weighted by Crippen LogP contribution is 2.28. The molecule has 0 fully saturated rings. The zero-order valence-electron chi connectivity index (χ0n) is 8.00. The predicted octanol–water partition coefficient (Wildman–Crippen LogP) is 3.71. The molecule has 0 saturated carbocycles. The van der Waals surface area contributed by atoms with Crippen molar-refractivity contribution in [3.8, 4) is 11.5 Å². The Balaban J connectivity index is 2.40. The fourth-order valence-electron chi connectivity index (χ4n) is 1.14. The van der Waals surface area contributed by atoms with Crippen molar-refractivity contribution in [1.29, 1.82) is 0 Å². The third kappa shape index (κ3) is 2.21. The zero-order chi connectivity index (χ0) is 10.8. The summed E-state index contributed by atoms with van der Waals surface area (Å²) in [5.41, 5.74) is 0.860. The standard InChI is InChI=1S/C10H8BrClN2O/c1-2-9-13-14-10(15-9)6-3-4-8(12)7(11)5-6/h3-5H,2H2,1H3. The van der Waals surface area contributed by atoms with Crippen LogP contribution in [0.2, 0.25) is 5.02 Å². The predicted molar refractivity (Wildman–Crippen MR) is 61.8 cm³/mol. The van der Waals surface area contributed by atoms with Crippen molar-refractivity contribution in [1.82, 2.24) is 10.2 Å². The van der Waals surface area contributed by atoms with E-state index < -0.39 is 0 Å². The molecule has 0 aliphatic rings. The van der Waals surface area contributed by atoms with Gasteiger partial charge in [-0.25, -0.2) is 0 Å². The van der Waals surface area contributed by atoms with E-state index in [1.165, 1.54) is 0 Å². The van der Waals surface area contributed by atoms with Crippen molar-refractivity contribution in [3.05, 3.63) is 33.6 Å². The molecule has 0 aliphatic carbocycles. The fourth-order valence-corrected chi connectivity index (χ4v) is 1.64. The molecular formula is C10H8BrClN2O. The van der Waals surface area contributed by atoms with Crippen molar-refractivity contribution in [2.75, 3.05) is 0 Å². The number of aryl methyl sites for hydroxylation is 1. The number of halogens is 2. The summed E-state index contributed by atoms with van der Waals surface area (Å²) in [6.07, 6.45) is 0.738. The third-order valence-corrected chi connectivity index (χ3v) is 3.15. The highest BCUT2D eigenvalue weighted by molar-refractivity contribution is 9.10. The molecule has 2 rings (SSSR count). The molecule has 0 bridgehead atoms. The molecule has 1 aromatic heterocycles. The lowest BCUT2D eigenvalue weighted by Crippen LogP contribution is -1.78. The van der Waals surface area contributed by atoms with E-state index in [-0.39, 0.29) is 0 Å². The quantitative estimate of drug-likeness (QED) is 0.845. The van der Waals surface area contributed by atoms with Gasteiger partial charge in [-0.15, -0.1) is 10.2 Å². The van der Waals surface area contributed by atoms with E-state index in [4.69, 9.17) is 16.0 Å². The van der Waals surface area contributed by atoms with Crippen LogP contribution in [-0.2, 0) is 6.42 Å². The van der Waals surface area contributed by atoms with Crippen LogP contribution in [0.25, 0.3) is 11.5 Å². The number of hydrogen-bond donors (Lipinski definition) is 0. The normalized spacial score (nSPS) is 10.6. The van der Waals surface area contributed by atoms with Crippen LogP contribution in [-0.4, -0.2) is 10.2 Å². The maximum atomic E-state index is 5.89. The van der Waals surface area contributed by atoms with Gasteiger partial charge in [-0.3, -0.25) is 0 Å². The number of rotatable bonds is 2. The Morgan fingerprint density at radius 1 is 1.40 bits per heavy atom. The van der Waals surface area contributed by atoms with Gasteiger partial charge in [0.1, 0.15) is 0 Å². The van der Waals surface area contributed by atoms with Gasteiger partial charge >= 0.3 is 0 Å². The first-order chi connectivity index (χ1) is 7.20. The van der Waals surface area contributed by atoms with E-state index in [0.29, 0.717) is 16.8 Å². The van der Waals surface area contributed by atoms with Crippen LogP contribution >= 0.6 is 27.5 Å². The van der Waals surface area contributed by atoms with Gasteiger partial charge in [0.25, 0.3) is 0 Å². The molecular weight excluding hydrogens is 279 g/mol. The Bertz CT molecular complexity index is 484. The van der Waals surface area contributed by atoms with Crippen LogP contribution in [0.15, 0.2) is 27.1 Å². The van der Waals surface area contributed by atoms with Crippen LogP contribution < -0.4 is 0 Å². The lowest BCUT2D eigenvalue weighted by molar-refractivity contribution is 0.513. The molecule has 0 saturated heterocycles. The zero-order valence-corrected chi connectivity index (χ0v) is 10.3. The molecule has 5 heteroatoms. The highest BCUT2D eigenvalue weighted by Gasteiger charge is 2.08. The minimum atomic E-state index is 0.518. The molecule has 0 N–H and O–H groups in total. The molecule has 0 atom stereocenters. The van der Waals surface area contributed by atoms with Crippen molar-refractivity contribution in [2.24, 2.45) is 0 Å². The van der Waals surface area contributed by atoms with Gasteiger partial charge in [0.05, 0.1) is 5.02 Å². The first kappa shape index (κ1) is 10.6. The molecule has 1 aromatic carbocycles. The van der Waals surface area contributed by atoms with Crippen LogP contribution in [0.3, 0.4) is 0 Å². The SMILES string of the molecule is CCc1nnc(-c2ccc(Cl)c(Br)c2)o1. The molecule has 78 valence electrons. The van der Waals surface area contributed by atoms with Gasteiger partial charge in [-0.1, -0.05) is 18.5 Å². The smallest absolute Gasteiger partial charge is 0.247 e. The monoisotopic (exact) mass is 286 g/mol. The van der Waals surface area contributed by atoms with Gasteiger partial charge in [0, 0.05) is 16.5 Å². The summed E-state index contributed by atoms with van der Waals surface area (Å²) in [4.78, 5) is 0. The lowest BCUT2D eigenvalue weighted by atomic mass is 10.2.